The van der Waals surface area contributed by atoms with Crippen LogP contribution in [0.15, 0.2) is 0 Å². The van der Waals surface area contributed by atoms with Crippen LogP contribution in [0.4, 0.5) is 0 Å². The molecule has 0 aromatic rings. The molecule has 1 aliphatic heterocycles. The number of hydrogen-bond acceptors (Lipinski definition) is 2. The van der Waals surface area contributed by atoms with Crippen molar-refractivity contribution in [1.29, 1.82) is 0 Å². The summed E-state index contributed by atoms with van der Waals surface area (Å²) in [5.74, 6) is 0. The highest BCUT2D eigenvalue weighted by Gasteiger charge is 2.46. The minimum atomic E-state index is -0.145. The van der Waals surface area contributed by atoms with E-state index >= 15 is 0 Å². The molecule has 0 amide bonds. The molecule has 0 bridgehead atoms. The van der Waals surface area contributed by atoms with Gasteiger partial charge in [-0.3, -0.25) is 0 Å². The molecule has 0 aromatic carbocycles. The lowest BCUT2D eigenvalue weighted by Crippen LogP contribution is -2.20. The molecule has 1 heterocycles. The summed E-state index contributed by atoms with van der Waals surface area (Å²) in [5.41, 5.74) is 0. The Kier molecular flexibility index (Phi) is 0.866. The van der Waals surface area contributed by atoms with Gasteiger partial charge >= 0.3 is 0 Å². The quantitative estimate of drug-likeness (QED) is 0.459. The van der Waals surface area contributed by atoms with Gasteiger partial charge in [-0.1, -0.05) is 0 Å². The summed E-state index contributed by atoms with van der Waals surface area (Å²) in [4.78, 5) is 0. The molecule has 2 aliphatic rings. The molecule has 0 radical (unpaired) electrons. The van der Waals surface area contributed by atoms with Gasteiger partial charge in [-0.25, -0.2) is 0 Å². The van der Waals surface area contributed by atoms with Crippen LogP contribution >= 0.6 is 0 Å². The lowest BCUT2D eigenvalue weighted by molar-refractivity contribution is 0.124. The van der Waals surface area contributed by atoms with Gasteiger partial charge < -0.3 is 9.84 Å². The Labute approximate surface area is 48.5 Å². The smallest absolute Gasteiger partial charge is 0.110 e. The Morgan fingerprint density at radius 2 is 2.25 bits per heavy atom. The maximum absolute atomic E-state index is 9.09. The standard InChI is InChI=1S/C6H10O2/c7-4-2-1-3-5-6(4)8-5/h4-7H,1-3H2/t4-,5+,6-/m1/s1. The minimum Gasteiger partial charge on any atom is -0.390 e. The molecule has 1 saturated heterocycles. The van der Waals surface area contributed by atoms with Crippen LogP contribution in [-0.2, 0) is 4.74 Å². The Morgan fingerprint density at radius 1 is 1.38 bits per heavy atom. The summed E-state index contributed by atoms with van der Waals surface area (Å²) in [6, 6.07) is 0. The highest BCUT2D eigenvalue weighted by molar-refractivity contribution is 4.94. The van der Waals surface area contributed by atoms with E-state index in [0.29, 0.717) is 6.10 Å². The average molecular weight is 114 g/mol. The topological polar surface area (TPSA) is 32.8 Å². The molecule has 0 spiro atoms. The molecule has 2 heteroatoms. The third kappa shape index (κ3) is 0.565. The van der Waals surface area contributed by atoms with E-state index < -0.39 is 0 Å². The second-order valence-electron chi connectivity index (χ2n) is 2.64. The van der Waals surface area contributed by atoms with Crippen molar-refractivity contribution in [2.75, 3.05) is 0 Å². The van der Waals surface area contributed by atoms with E-state index in [1.807, 2.05) is 0 Å². The number of epoxide rings is 1. The van der Waals surface area contributed by atoms with Crippen LogP contribution in [0.3, 0.4) is 0 Å². The zero-order valence-electron chi connectivity index (χ0n) is 4.71. The Morgan fingerprint density at radius 3 is 2.88 bits per heavy atom. The predicted molar refractivity (Wildman–Crippen MR) is 28.5 cm³/mol. The van der Waals surface area contributed by atoms with Crippen LogP contribution in [0.1, 0.15) is 19.3 Å². The van der Waals surface area contributed by atoms with Crippen molar-refractivity contribution in [1.82, 2.24) is 0 Å². The molecule has 1 N–H and O–H groups in total. The van der Waals surface area contributed by atoms with Crippen LogP contribution in [0.25, 0.3) is 0 Å². The first-order chi connectivity index (χ1) is 3.88. The summed E-state index contributed by atoms with van der Waals surface area (Å²) in [6.07, 6.45) is 3.77. The van der Waals surface area contributed by atoms with Gasteiger partial charge in [0.2, 0.25) is 0 Å². The van der Waals surface area contributed by atoms with Crippen LogP contribution in [-0.4, -0.2) is 23.4 Å². The van der Waals surface area contributed by atoms with E-state index in [0.717, 1.165) is 12.8 Å². The van der Waals surface area contributed by atoms with Crippen LogP contribution < -0.4 is 0 Å². The first kappa shape index (κ1) is 4.77. The summed E-state index contributed by atoms with van der Waals surface area (Å²) >= 11 is 0. The molecule has 0 unspecified atom stereocenters. The molecule has 0 aromatic heterocycles. The van der Waals surface area contributed by atoms with Gasteiger partial charge in [-0.15, -0.1) is 0 Å². The molecular formula is C6H10O2. The molecule has 2 fully saturated rings. The van der Waals surface area contributed by atoms with Crippen molar-refractivity contribution in [3.8, 4) is 0 Å². The fraction of sp³-hybridized carbons (Fsp3) is 1.00. The largest absolute Gasteiger partial charge is 0.390 e. The third-order valence-electron chi connectivity index (χ3n) is 1.99. The van der Waals surface area contributed by atoms with E-state index in [4.69, 9.17) is 9.84 Å². The zero-order valence-corrected chi connectivity index (χ0v) is 4.71. The number of aliphatic hydroxyl groups excluding tert-OH is 1. The van der Waals surface area contributed by atoms with Crippen molar-refractivity contribution >= 4 is 0 Å². The number of fused-ring (bicyclic) bond motifs is 1. The molecule has 3 atom stereocenters. The summed E-state index contributed by atoms with van der Waals surface area (Å²) < 4.78 is 5.14. The van der Waals surface area contributed by atoms with Crippen molar-refractivity contribution in [3.63, 3.8) is 0 Å². The molecule has 2 rings (SSSR count). The van der Waals surface area contributed by atoms with Crippen LogP contribution in [0.5, 0.6) is 0 Å². The van der Waals surface area contributed by atoms with E-state index in [-0.39, 0.29) is 12.2 Å². The van der Waals surface area contributed by atoms with Crippen molar-refractivity contribution in [3.05, 3.63) is 0 Å². The maximum Gasteiger partial charge on any atom is 0.110 e. The second-order valence-corrected chi connectivity index (χ2v) is 2.64. The highest BCUT2D eigenvalue weighted by atomic mass is 16.6. The average Bonchev–Trinajstić information content (AvgIpc) is 2.45. The SMILES string of the molecule is O[C@@H]1CCC[C@@H]2O[C@H]12. The number of rotatable bonds is 0. The molecule has 1 aliphatic carbocycles. The molecule has 2 nitrogen and oxygen atoms in total. The number of hydrogen-bond donors (Lipinski definition) is 1. The maximum atomic E-state index is 9.09. The zero-order chi connectivity index (χ0) is 5.56. The third-order valence-corrected chi connectivity index (χ3v) is 1.99. The first-order valence-electron chi connectivity index (χ1n) is 3.21. The Hall–Kier alpha value is -0.0800. The molecule has 8 heavy (non-hydrogen) atoms. The fourth-order valence-corrected chi connectivity index (χ4v) is 1.42. The van der Waals surface area contributed by atoms with Gasteiger partial charge in [0.1, 0.15) is 6.10 Å². The van der Waals surface area contributed by atoms with Crippen LogP contribution in [0.2, 0.25) is 0 Å². The second kappa shape index (κ2) is 1.45. The Balaban J connectivity index is 1.99. The lowest BCUT2D eigenvalue weighted by atomic mass is 9.98. The minimum absolute atomic E-state index is 0.145. The molecule has 1 saturated carbocycles. The van der Waals surface area contributed by atoms with E-state index in [1.165, 1.54) is 6.42 Å². The lowest BCUT2D eigenvalue weighted by Gasteiger charge is -2.10. The first-order valence-corrected chi connectivity index (χ1v) is 3.21. The van der Waals surface area contributed by atoms with Crippen molar-refractivity contribution in [2.24, 2.45) is 0 Å². The number of ether oxygens (including phenoxy) is 1. The van der Waals surface area contributed by atoms with Gasteiger partial charge in [0, 0.05) is 0 Å². The monoisotopic (exact) mass is 114 g/mol. The fourth-order valence-electron chi connectivity index (χ4n) is 1.42. The van der Waals surface area contributed by atoms with Gasteiger partial charge in [0.25, 0.3) is 0 Å². The number of aliphatic hydroxyl groups is 1. The highest BCUT2D eigenvalue weighted by Crippen LogP contribution is 2.36. The summed E-state index contributed by atoms with van der Waals surface area (Å²) in [5, 5.41) is 9.09. The van der Waals surface area contributed by atoms with Crippen LogP contribution in [0, 0.1) is 0 Å². The summed E-state index contributed by atoms with van der Waals surface area (Å²) in [6.45, 7) is 0. The van der Waals surface area contributed by atoms with Gasteiger partial charge in [-0.2, -0.15) is 0 Å². The predicted octanol–water partition coefficient (Wildman–Crippen LogP) is 0.299. The van der Waals surface area contributed by atoms with E-state index in [2.05, 4.69) is 0 Å². The Bertz CT molecular complexity index is 103. The van der Waals surface area contributed by atoms with Gasteiger partial charge in [-0.05, 0) is 19.3 Å². The summed E-state index contributed by atoms with van der Waals surface area (Å²) in [7, 11) is 0. The molecule has 46 valence electrons. The van der Waals surface area contributed by atoms with Gasteiger partial charge in [0.05, 0.1) is 12.2 Å². The normalized spacial score (nSPS) is 52.9. The van der Waals surface area contributed by atoms with Gasteiger partial charge in [0.15, 0.2) is 0 Å². The van der Waals surface area contributed by atoms with Crippen molar-refractivity contribution < 1.29 is 9.84 Å². The van der Waals surface area contributed by atoms with Crippen molar-refractivity contribution in [2.45, 2.75) is 37.6 Å². The van der Waals surface area contributed by atoms with E-state index in [9.17, 15) is 0 Å². The van der Waals surface area contributed by atoms with E-state index in [1.54, 1.807) is 0 Å². The molecular weight excluding hydrogens is 104 g/mol.